The van der Waals surface area contributed by atoms with Crippen LogP contribution >= 0.6 is 0 Å². The molecule has 1 aromatic rings. The van der Waals surface area contributed by atoms with Crippen LogP contribution in [0.3, 0.4) is 0 Å². The smallest absolute Gasteiger partial charge is 0.387 e. The predicted octanol–water partition coefficient (Wildman–Crippen LogP) is 1.41. The summed E-state index contributed by atoms with van der Waals surface area (Å²) in [5, 5.41) is 19.8. The molecule has 1 saturated heterocycles. The maximum atomic E-state index is 12.6. The Labute approximate surface area is 154 Å². The standard InChI is InChI=1S/C16H21F2N3O6/c1-19(10-15(22)23)8-13-9-20(4-5-26-13)7-11-6-12(21(24)25)2-3-14(11)27-16(17)18/h2-3,6,13,16H,4-5,7-10H2,1H3,(H,22,23). The van der Waals surface area contributed by atoms with Gasteiger partial charge in [0.2, 0.25) is 0 Å². The van der Waals surface area contributed by atoms with Gasteiger partial charge < -0.3 is 14.6 Å². The molecule has 150 valence electrons. The lowest BCUT2D eigenvalue weighted by Gasteiger charge is -2.34. The lowest BCUT2D eigenvalue weighted by Crippen LogP contribution is -2.47. The van der Waals surface area contributed by atoms with Crippen LogP contribution < -0.4 is 4.74 Å². The van der Waals surface area contributed by atoms with Crippen molar-refractivity contribution in [1.29, 1.82) is 0 Å². The summed E-state index contributed by atoms with van der Waals surface area (Å²) < 4.78 is 35.3. The maximum Gasteiger partial charge on any atom is 0.387 e. The average molecular weight is 389 g/mol. The predicted molar refractivity (Wildman–Crippen MR) is 89.9 cm³/mol. The molecule has 1 aromatic carbocycles. The lowest BCUT2D eigenvalue weighted by molar-refractivity contribution is -0.385. The third-order valence-electron chi connectivity index (χ3n) is 4.01. The molecule has 1 unspecified atom stereocenters. The number of carboxylic acids is 1. The number of alkyl halides is 2. The topological polar surface area (TPSA) is 105 Å². The molecule has 0 aromatic heterocycles. The van der Waals surface area contributed by atoms with E-state index in [4.69, 9.17) is 9.84 Å². The first-order chi connectivity index (χ1) is 12.7. The second-order valence-electron chi connectivity index (χ2n) is 6.25. The summed E-state index contributed by atoms with van der Waals surface area (Å²) in [5.41, 5.74) is 0.0710. The summed E-state index contributed by atoms with van der Waals surface area (Å²) >= 11 is 0. The largest absolute Gasteiger partial charge is 0.480 e. The van der Waals surface area contributed by atoms with Gasteiger partial charge in [-0.05, 0) is 13.1 Å². The minimum Gasteiger partial charge on any atom is -0.480 e. The van der Waals surface area contributed by atoms with E-state index in [0.717, 1.165) is 12.1 Å². The van der Waals surface area contributed by atoms with E-state index in [1.54, 1.807) is 11.9 Å². The highest BCUT2D eigenvalue weighted by molar-refractivity contribution is 5.69. The number of benzene rings is 1. The Hall–Kier alpha value is -2.37. The highest BCUT2D eigenvalue weighted by atomic mass is 19.3. The third-order valence-corrected chi connectivity index (χ3v) is 4.01. The summed E-state index contributed by atoms with van der Waals surface area (Å²) in [5.74, 6) is -1.06. The van der Waals surface area contributed by atoms with Crippen molar-refractivity contribution in [2.45, 2.75) is 19.3 Å². The molecule has 1 aliphatic heterocycles. The van der Waals surface area contributed by atoms with Crippen molar-refractivity contribution >= 4 is 11.7 Å². The van der Waals surface area contributed by atoms with E-state index in [1.165, 1.54) is 6.07 Å². The monoisotopic (exact) mass is 389 g/mol. The van der Waals surface area contributed by atoms with Crippen molar-refractivity contribution in [3.05, 3.63) is 33.9 Å². The first-order valence-electron chi connectivity index (χ1n) is 8.21. The maximum absolute atomic E-state index is 12.6. The van der Waals surface area contributed by atoms with Gasteiger partial charge in [0.25, 0.3) is 5.69 Å². The number of nitrogens with zero attached hydrogens (tertiary/aromatic N) is 3. The normalized spacial score (nSPS) is 18.0. The van der Waals surface area contributed by atoms with Crippen LogP contribution in [-0.2, 0) is 16.1 Å². The van der Waals surface area contributed by atoms with Crippen LogP contribution in [0.5, 0.6) is 5.75 Å². The molecule has 1 fully saturated rings. The molecular weight excluding hydrogens is 368 g/mol. The summed E-state index contributed by atoms with van der Waals surface area (Å²) in [7, 11) is 1.66. The first kappa shape index (κ1) is 20.9. The van der Waals surface area contributed by atoms with Crippen molar-refractivity contribution in [3.8, 4) is 5.75 Å². The molecule has 0 amide bonds. The Morgan fingerprint density at radius 1 is 1.56 bits per heavy atom. The molecule has 1 atom stereocenters. The van der Waals surface area contributed by atoms with Gasteiger partial charge in [-0.2, -0.15) is 8.78 Å². The number of ether oxygens (including phenoxy) is 2. The van der Waals surface area contributed by atoms with Gasteiger partial charge in [0.05, 0.1) is 24.2 Å². The Morgan fingerprint density at radius 3 is 2.93 bits per heavy atom. The number of nitro groups is 1. The molecule has 27 heavy (non-hydrogen) atoms. The number of aliphatic carboxylic acids is 1. The minimum atomic E-state index is -3.03. The zero-order valence-corrected chi connectivity index (χ0v) is 14.7. The van der Waals surface area contributed by atoms with Crippen molar-refractivity contribution in [3.63, 3.8) is 0 Å². The van der Waals surface area contributed by atoms with Gasteiger partial charge in [0.15, 0.2) is 0 Å². The number of hydrogen-bond acceptors (Lipinski definition) is 7. The first-order valence-corrected chi connectivity index (χ1v) is 8.21. The number of rotatable bonds is 9. The average Bonchev–Trinajstić information content (AvgIpc) is 2.55. The van der Waals surface area contributed by atoms with Crippen molar-refractivity contribution in [2.75, 3.05) is 39.8 Å². The van der Waals surface area contributed by atoms with Gasteiger partial charge >= 0.3 is 12.6 Å². The van der Waals surface area contributed by atoms with Gasteiger partial charge in [0.1, 0.15) is 5.75 Å². The quantitative estimate of drug-likeness (QED) is 0.499. The zero-order valence-electron chi connectivity index (χ0n) is 14.7. The van der Waals surface area contributed by atoms with Crippen LogP contribution in [0.4, 0.5) is 14.5 Å². The molecule has 0 bridgehead atoms. The second-order valence-corrected chi connectivity index (χ2v) is 6.25. The van der Waals surface area contributed by atoms with Crippen LogP contribution in [0.15, 0.2) is 18.2 Å². The number of likely N-dealkylation sites (N-methyl/N-ethyl adjacent to an activating group) is 1. The number of halogens is 2. The van der Waals surface area contributed by atoms with Gasteiger partial charge in [-0.25, -0.2) is 0 Å². The SMILES string of the molecule is CN(CC(=O)O)CC1CN(Cc2cc([N+](=O)[O-])ccc2OC(F)F)CCO1. The highest BCUT2D eigenvalue weighted by Gasteiger charge is 2.24. The Kier molecular flexibility index (Phi) is 7.39. The fourth-order valence-corrected chi connectivity index (χ4v) is 2.93. The van der Waals surface area contributed by atoms with Crippen molar-refractivity contribution in [1.82, 2.24) is 9.80 Å². The van der Waals surface area contributed by atoms with Crippen LogP contribution in [0.1, 0.15) is 5.56 Å². The van der Waals surface area contributed by atoms with Gasteiger partial charge in [0, 0.05) is 43.9 Å². The molecular formula is C16H21F2N3O6. The van der Waals surface area contributed by atoms with E-state index in [0.29, 0.717) is 26.2 Å². The summed E-state index contributed by atoms with van der Waals surface area (Å²) in [6, 6.07) is 3.50. The summed E-state index contributed by atoms with van der Waals surface area (Å²) in [4.78, 5) is 24.6. The number of carbonyl (C=O) groups is 1. The second kappa shape index (κ2) is 9.53. The zero-order chi connectivity index (χ0) is 20.0. The summed E-state index contributed by atoms with van der Waals surface area (Å²) in [6.45, 7) is -1.28. The van der Waals surface area contributed by atoms with Gasteiger partial charge in [-0.15, -0.1) is 0 Å². The van der Waals surface area contributed by atoms with Crippen molar-refractivity contribution in [2.24, 2.45) is 0 Å². The lowest BCUT2D eigenvalue weighted by atomic mass is 10.1. The molecule has 9 nitrogen and oxygen atoms in total. The van der Waals surface area contributed by atoms with Crippen LogP contribution in [0, 0.1) is 10.1 Å². The number of nitro benzene ring substituents is 1. The number of morpholine rings is 1. The van der Waals surface area contributed by atoms with Crippen LogP contribution in [0.2, 0.25) is 0 Å². The molecule has 1 N–H and O–H groups in total. The molecule has 1 heterocycles. The van der Waals surface area contributed by atoms with E-state index in [9.17, 15) is 23.7 Å². The Morgan fingerprint density at radius 2 is 2.30 bits per heavy atom. The molecule has 0 aliphatic carbocycles. The number of carboxylic acid groups (broad SMARTS) is 1. The van der Waals surface area contributed by atoms with E-state index < -0.39 is 17.5 Å². The molecule has 11 heteroatoms. The molecule has 2 rings (SSSR count). The van der Waals surface area contributed by atoms with Gasteiger partial charge in [-0.3, -0.25) is 24.7 Å². The number of hydrogen-bond donors (Lipinski definition) is 1. The Bertz CT molecular complexity index is 676. The molecule has 0 radical (unpaired) electrons. The van der Waals surface area contributed by atoms with Gasteiger partial charge in [-0.1, -0.05) is 0 Å². The molecule has 0 spiro atoms. The fraction of sp³-hybridized carbons (Fsp3) is 0.562. The van der Waals surface area contributed by atoms with E-state index >= 15 is 0 Å². The Balaban J connectivity index is 2.06. The summed E-state index contributed by atoms with van der Waals surface area (Å²) in [6.07, 6.45) is -0.263. The van der Waals surface area contributed by atoms with Crippen LogP contribution in [-0.4, -0.2) is 78.3 Å². The third kappa shape index (κ3) is 6.70. The fourth-order valence-electron chi connectivity index (χ4n) is 2.93. The number of non-ortho nitro benzene ring substituents is 1. The van der Waals surface area contributed by atoms with E-state index in [-0.39, 0.29) is 36.2 Å². The highest BCUT2D eigenvalue weighted by Crippen LogP contribution is 2.27. The van der Waals surface area contributed by atoms with E-state index in [1.807, 2.05) is 4.90 Å². The molecule has 0 saturated carbocycles. The van der Waals surface area contributed by atoms with Crippen LogP contribution in [0.25, 0.3) is 0 Å². The van der Waals surface area contributed by atoms with Crippen molar-refractivity contribution < 1.29 is 33.1 Å². The molecule has 1 aliphatic rings. The minimum absolute atomic E-state index is 0.110. The van der Waals surface area contributed by atoms with E-state index in [2.05, 4.69) is 4.74 Å².